The van der Waals surface area contributed by atoms with Crippen LogP contribution in [-0.2, 0) is 4.79 Å². The van der Waals surface area contributed by atoms with E-state index in [1.807, 2.05) is 11.8 Å². The van der Waals surface area contributed by atoms with E-state index in [0.29, 0.717) is 19.0 Å². The standard InChI is InChI=1S/C16H28N2O3/c1-3-18(12-8-5-4-6-9-12)15(21)17-13-10-7-11-16(13,2)14(19)20/h12-13H,3-11H2,1-2H3,(H,17,21)(H,19,20). The van der Waals surface area contributed by atoms with Gasteiger partial charge in [-0.3, -0.25) is 4.79 Å². The lowest BCUT2D eigenvalue weighted by Gasteiger charge is -2.36. The van der Waals surface area contributed by atoms with Crippen LogP contribution in [0.15, 0.2) is 0 Å². The van der Waals surface area contributed by atoms with E-state index < -0.39 is 11.4 Å². The molecule has 2 aliphatic rings. The summed E-state index contributed by atoms with van der Waals surface area (Å²) in [5, 5.41) is 12.4. The summed E-state index contributed by atoms with van der Waals surface area (Å²) in [6.07, 6.45) is 8.04. The number of nitrogens with zero attached hydrogens (tertiary/aromatic N) is 1. The minimum atomic E-state index is -0.818. The SMILES string of the molecule is CCN(C(=O)NC1CCCC1(C)C(=O)O)C1CCCCC1. The van der Waals surface area contributed by atoms with Crippen molar-refractivity contribution >= 4 is 12.0 Å². The number of carboxylic acid groups (broad SMARTS) is 1. The Bertz CT molecular complexity index is 393. The molecule has 0 radical (unpaired) electrons. The van der Waals surface area contributed by atoms with Gasteiger partial charge in [0, 0.05) is 18.6 Å². The molecule has 0 aromatic carbocycles. The highest BCUT2D eigenvalue weighted by Gasteiger charge is 2.46. The molecule has 120 valence electrons. The molecule has 0 heterocycles. The van der Waals surface area contributed by atoms with E-state index >= 15 is 0 Å². The maximum Gasteiger partial charge on any atom is 0.317 e. The minimum Gasteiger partial charge on any atom is -0.481 e. The van der Waals surface area contributed by atoms with E-state index in [1.165, 1.54) is 19.3 Å². The summed E-state index contributed by atoms with van der Waals surface area (Å²) in [5.74, 6) is -0.800. The summed E-state index contributed by atoms with van der Waals surface area (Å²) < 4.78 is 0. The second kappa shape index (κ2) is 6.67. The van der Waals surface area contributed by atoms with Gasteiger partial charge >= 0.3 is 12.0 Å². The van der Waals surface area contributed by atoms with Gasteiger partial charge in [-0.1, -0.05) is 25.7 Å². The van der Waals surface area contributed by atoms with E-state index in [4.69, 9.17) is 0 Å². The van der Waals surface area contributed by atoms with E-state index in [9.17, 15) is 14.7 Å². The molecule has 21 heavy (non-hydrogen) atoms. The molecule has 2 saturated carbocycles. The first kappa shape index (κ1) is 16.1. The first-order valence-electron chi connectivity index (χ1n) is 8.29. The number of carboxylic acids is 1. The number of nitrogens with one attached hydrogen (secondary N) is 1. The van der Waals surface area contributed by atoms with Crippen molar-refractivity contribution in [1.82, 2.24) is 10.2 Å². The van der Waals surface area contributed by atoms with Gasteiger partial charge in [0.2, 0.25) is 0 Å². The molecule has 2 atom stereocenters. The van der Waals surface area contributed by atoms with Gasteiger partial charge in [0.05, 0.1) is 5.41 Å². The average Bonchev–Trinajstić information content (AvgIpc) is 2.83. The molecular formula is C16H28N2O3. The summed E-state index contributed by atoms with van der Waals surface area (Å²) in [4.78, 5) is 26.0. The molecule has 0 aliphatic heterocycles. The zero-order chi connectivity index (χ0) is 15.5. The van der Waals surface area contributed by atoms with Gasteiger partial charge in [-0.15, -0.1) is 0 Å². The predicted molar refractivity (Wildman–Crippen MR) is 81.2 cm³/mol. The van der Waals surface area contributed by atoms with Gasteiger partial charge in [0.25, 0.3) is 0 Å². The molecule has 0 aromatic heterocycles. The van der Waals surface area contributed by atoms with E-state index in [0.717, 1.165) is 25.7 Å². The van der Waals surface area contributed by atoms with Crippen molar-refractivity contribution in [3.8, 4) is 0 Å². The third kappa shape index (κ3) is 3.33. The minimum absolute atomic E-state index is 0.0798. The van der Waals surface area contributed by atoms with Crippen LogP contribution in [0.1, 0.15) is 65.2 Å². The Hall–Kier alpha value is -1.26. The summed E-state index contributed by atoms with van der Waals surface area (Å²) in [6, 6.07) is -0.00912. The quantitative estimate of drug-likeness (QED) is 0.838. The number of rotatable bonds is 4. The van der Waals surface area contributed by atoms with Crippen molar-refractivity contribution < 1.29 is 14.7 Å². The van der Waals surface area contributed by atoms with Crippen molar-refractivity contribution in [3.05, 3.63) is 0 Å². The fourth-order valence-corrected chi connectivity index (χ4v) is 3.85. The maximum absolute atomic E-state index is 12.6. The van der Waals surface area contributed by atoms with Crippen LogP contribution in [-0.4, -0.2) is 40.6 Å². The average molecular weight is 296 g/mol. The highest BCUT2D eigenvalue weighted by molar-refractivity contribution is 5.79. The molecule has 0 saturated heterocycles. The first-order valence-corrected chi connectivity index (χ1v) is 8.29. The predicted octanol–water partition coefficient (Wildman–Crippen LogP) is 2.99. The summed E-state index contributed by atoms with van der Waals surface area (Å²) in [5.41, 5.74) is -0.818. The van der Waals surface area contributed by atoms with Crippen molar-refractivity contribution in [2.75, 3.05) is 6.54 Å². The van der Waals surface area contributed by atoms with Crippen molar-refractivity contribution in [3.63, 3.8) is 0 Å². The molecule has 5 heteroatoms. The Morgan fingerprint density at radius 2 is 1.86 bits per heavy atom. The number of hydrogen-bond acceptors (Lipinski definition) is 2. The summed E-state index contributed by atoms with van der Waals surface area (Å²) in [7, 11) is 0. The lowest BCUT2D eigenvalue weighted by Crippen LogP contribution is -2.54. The fourth-order valence-electron chi connectivity index (χ4n) is 3.85. The lowest BCUT2D eigenvalue weighted by molar-refractivity contribution is -0.148. The number of amides is 2. The zero-order valence-corrected chi connectivity index (χ0v) is 13.2. The van der Waals surface area contributed by atoms with Crippen molar-refractivity contribution in [2.45, 2.75) is 77.3 Å². The molecule has 2 aliphatic carbocycles. The Morgan fingerprint density at radius 1 is 1.19 bits per heavy atom. The number of carbonyl (C=O) groups excluding carboxylic acids is 1. The lowest BCUT2D eigenvalue weighted by atomic mass is 9.85. The van der Waals surface area contributed by atoms with Crippen molar-refractivity contribution in [1.29, 1.82) is 0 Å². The number of carbonyl (C=O) groups is 2. The van der Waals surface area contributed by atoms with Crippen LogP contribution in [0.3, 0.4) is 0 Å². The first-order chi connectivity index (χ1) is 9.99. The van der Waals surface area contributed by atoms with Crippen LogP contribution in [0.25, 0.3) is 0 Å². The molecular weight excluding hydrogens is 268 g/mol. The Balaban J connectivity index is 2.00. The monoisotopic (exact) mass is 296 g/mol. The molecule has 2 unspecified atom stereocenters. The van der Waals surface area contributed by atoms with E-state index in [2.05, 4.69) is 5.32 Å². The van der Waals surface area contributed by atoms with E-state index in [-0.39, 0.29) is 12.1 Å². The molecule has 0 spiro atoms. The summed E-state index contributed by atoms with van der Waals surface area (Å²) in [6.45, 7) is 4.44. The van der Waals surface area contributed by atoms with Gasteiger partial charge in [-0.05, 0) is 39.5 Å². The molecule has 5 nitrogen and oxygen atoms in total. The molecule has 0 bridgehead atoms. The van der Waals surface area contributed by atoms with Crippen LogP contribution in [0.4, 0.5) is 4.79 Å². The van der Waals surface area contributed by atoms with Crippen LogP contribution in [0.2, 0.25) is 0 Å². The molecule has 0 aromatic rings. The van der Waals surface area contributed by atoms with Crippen LogP contribution in [0, 0.1) is 5.41 Å². The van der Waals surface area contributed by atoms with Gasteiger partial charge < -0.3 is 15.3 Å². The smallest absolute Gasteiger partial charge is 0.317 e. The number of hydrogen-bond donors (Lipinski definition) is 2. The second-order valence-electron chi connectivity index (χ2n) is 6.69. The van der Waals surface area contributed by atoms with Gasteiger partial charge in [-0.25, -0.2) is 4.79 Å². The normalized spacial score (nSPS) is 30.1. The van der Waals surface area contributed by atoms with Crippen LogP contribution < -0.4 is 5.32 Å². The van der Waals surface area contributed by atoms with Crippen molar-refractivity contribution in [2.24, 2.45) is 5.41 Å². The van der Waals surface area contributed by atoms with Crippen LogP contribution in [0.5, 0.6) is 0 Å². The van der Waals surface area contributed by atoms with Gasteiger partial charge in [-0.2, -0.15) is 0 Å². The molecule has 2 fully saturated rings. The highest BCUT2D eigenvalue weighted by atomic mass is 16.4. The molecule has 2 rings (SSSR count). The third-order valence-electron chi connectivity index (χ3n) is 5.36. The molecule has 2 N–H and O–H groups in total. The fraction of sp³-hybridized carbons (Fsp3) is 0.875. The number of urea groups is 1. The van der Waals surface area contributed by atoms with Crippen LogP contribution >= 0.6 is 0 Å². The topological polar surface area (TPSA) is 69.6 Å². The Kier molecular flexibility index (Phi) is 5.12. The van der Waals surface area contributed by atoms with E-state index in [1.54, 1.807) is 6.92 Å². The zero-order valence-electron chi connectivity index (χ0n) is 13.2. The summed E-state index contributed by atoms with van der Waals surface area (Å²) >= 11 is 0. The largest absolute Gasteiger partial charge is 0.481 e. The Morgan fingerprint density at radius 3 is 2.43 bits per heavy atom. The molecule has 2 amide bonds. The Labute approximate surface area is 127 Å². The highest BCUT2D eigenvalue weighted by Crippen LogP contribution is 2.38. The van der Waals surface area contributed by atoms with Gasteiger partial charge in [0.1, 0.15) is 0 Å². The van der Waals surface area contributed by atoms with Gasteiger partial charge in [0.15, 0.2) is 0 Å². The number of aliphatic carboxylic acids is 1. The second-order valence-corrected chi connectivity index (χ2v) is 6.69. The maximum atomic E-state index is 12.6. The third-order valence-corrected chi connectivity index (χ3v) is 5.36.